The highest BCUT2D eigenvalue weighted by Gasteiger charge is 2.36. The van der Waals surface area contributed by atoms with Gasteiger partial charge < -0.3 is 19.9 Å². The molecule has 1 rings (SSSR count). The van der Waals surface area contributed by atoms with Crippen molar-refractivity contribution in [1.29, 1.82) is 0 Å². The first-order valence-electron chi connectivity index (χ1n) is 5.99. The lowest BCUT2D eigenvalue weighted by molar-refractivity contribution is -0.157. The number of aliphatic carboxylic acids is 1. The molecule has 0 aliphatic rings. The number of methoxy groups -OCH3 is 2. The molecule has 0 heterocycles. The van der Waals surface area contributed by atoms with Gasteiger partial charge in [-0.15, -0.1) is 0 Å². The molecule has 122 valence electrons. The monoisotopic (exact) mass is 321 g/mol. The summed E-state index contributed by atoms with van der Waals surface area (Å²) >= 11 is 0. The average Bonchev–Trinajstić information content (AvgIpc) is 2.44. The Labute approximate surface area is 123 Å². The number of rotatable bonds is 6. The van der Waals surface area contributed by atoms with Gasteiger partial charge in [0.15, 0.2) is 0 Å². The van der Waals surface area contributed by atoms with E-state index < -0.39 is 30.5 Å². The van der Waals surface area contributed by atoms with Crippen molar-refractivity contribution in [2.45, 2.75) is 18.6 Å². The van der Waals surface area contributed by atoms with Crippen LogP contribution in [0.1, 0.15) is 16.8 Å². The Morgan fingerprint density at radius 1 is 1.18 bits per heavy atom. The molecule has 0 aromatic heterocycles. The molecule has 1 unspecified atom stereocenters. The molecule has 0 aliphatic carbocycles. The highest BCUT2D eigenvalue weighted by molar-refractivity contribution is 5.97. The topological polar surface area (TPSA) is 84.9 Å². The molecule has 0 bridgehead atoms. The number of benzene rings is 1. The van der Waals surface area contributed by atoms with Crippen molar-refractivity contribution >= 4 is 11.9 Å². The molecule has 0 saturated carbocycles. The molecular weight excluding hydrogens is 307 g/mol. The Balaban J connectivity index is 2.97. The minimum Gasteiger partial charge on any atom is -0.497 e. The number of halogens is 3. The first kappa shape index (κ1) is 17.6. The Morgan fingerprint density at radius 2 is 1.68 bits per heavy atom. The first-order chi connectivity index (χ1) is 10.2. The van der Waals surface area contributed by atoms with Gasteiger partial charge in [-0.25, -0.2) is 4.79 Å². The zero-order valence-electron chi connectivity index (χ0n) is 11.7. The summed E-state index contributed by atoms with van der Waals surface area (Å²) in [5.74, 6) is -2.27. The SMILES string of the molecule is COc1cc(OC)cc(C(=O)NC(CC(F)(F)F)C(=O)O)c1. The Morgan fingerprint density at radius 3 is 2.05 bits per heavy atom. The van der Waals surface area contributed by atoms with E-state index in [1.54, 1.807) is 0 Å². The number of carbonyl (C=O) groups is 2. The summed E-state index contributed by atoms with van der Waals surface area (Å²) < 4.78 is 46.8. The van der Waals surface area contributed by atoms with Crippen molar-refractivity contribution in [2.24, 2.45) is 0 Å². The van der Waals surface area contributed by atoms with Gasteiger partial charge in [-0.2, -0.15) is 13.2 Å². The summed E-state index contributed by atoms with van der Waals surface area (Å²) in [6.07, 6.45) is -6.39. The van der Waals surface area contributed by atoms with Gasteiger partial charge in [-0.1, -0.05) is 0 Å². The van der Waals surface area contributed by atoms with Crippen LogP contribution in [0.5, 0.6) is 11.5 Å². The largest absolute Gasteiger partial charge is 0.497 e. The molecule has 1 amide bonds. The summed E-state index contributed by atoms with van der Waals surface area (Å²) in [5, 5.41) is 10.6. The number of hydrogen-bond acceptors (Lipinski definition) is 4. The molecule has 0 aliphatic heterocycles. The van der Waals surface area contributed by atoms with Gasteiger partial charge in [0.05, 0.1) is 20.6 Å². The smallest absolute Gasteiger partial charge is 0.391 e. The molecule has 0 radical (unpaired) electrons. The number of nitrogens with one attached hydrogen (secondary N) is 1. The van der Waals surface area contributed by atoms with Crippen LogP contribution in [0.25, 0.3) is 0 Å². The lowest BCUT2D eigenvalue weighted by Crippen LogP contribution is -2.43. The van der Waals surface area contributed by atoms with Crippen LogP contribution in [0.4, 0.5) is 13.2 Å². The average molecular weight is 321 g/mol. The van der Waals surface area contributed by atoms with E-state index in [-0.39, 0.29) is 17.1 Å². The van der Waals surface area contributed by atoms with Crippen LogP contribution < -0.4 is 14.8 Å². The lowest BCUT2D eigenvalue weighted by atomic mass is 10.1. The second kappa shape index (κ2) is 7.01. The third kappa shape index (κ3) is 5.15. The number of hydrogen-bond donors (Lipinski definition) is 2. The van der Waals surface area contributed by atoms with Crippen molar-refractivity contribution < 1.29 is 37.3 Å². The van der Waals surface area contributed by atoms with Crippen LogP contribution >= 0.6 is 0 Å². The van der Waals surface area contributed by atoms with E-state index in [1.165, 1.54) is 32.4 Å². The van der Waals surface area contributed by atoms with E-state index in [1.807, 2.05) is 5.32 Å². The normalized spacial score (nSPS) is 12.4. The fourth-order valence-electron chi connectivity index (χ4n) is 1.61. The summed E-state index contributed by atoms with van der Waals surface area (Å²) in [6, 6.07) is 1.89. The minimum absolute atomic E-state index is 0.0791. The Bertz CT molecular complexity index is 537. The summed E-state index contributed by atoms with van der Waals surface area (Å²) in [4.78, 5) is 22.8. The molecule has 0 fully saturated rings. The van der Waals surface area contributed by atoms with Gasteiger partial charge in [0, 0.05) is 11.6 Å². The fraction of sp³-hybridized carbons (Fsp3) is 0.385. The second-order valence-electron chi connectivity index (χ2n) is 4.28. The molecule has 0 saturated heterocycles. The number of carboxylic acid groups (broad SMARTS) is 1. The van der Waals surface area contributed by atoms with Crippen LogP contribution in [0, 0.1) is 0 Å². The van der Waals surface area contributed by atoms with Gasteiger partial charge in [0.25, 0.3) is 5.91 Å². The molecule has 9 heteroatoms. The van der Waals surface area contributed by atoms with Gasteiger partial charge >= 0.3 is 12.1 Å². The maximum atomic E-state index is 12.3. The third-order valence-electron chi connectivity index (χ3n) is 2.65. The van der Waals surface area contributed by atoms with E-state index in [0.29, 0.717) is 0 Å². The zero-order chi connectivity index (χ0) is 16.9. The van der Waals surface area contributed by atoms with E-state index in [4.69, 9.17) is 14.6 Å². The number of ether oxygens (including phenoxy) is 2. The summed E-state index contributed by atoms with van der Waals surface area (Å²) in [5.41, 5.74) is -0.0791. The number of alkyl halides is 3. The fourth-order valence-corrected chi connectivity index (χ4v) is 1.61. The van der Waals surface area contributed by atoms with E-state index in [9.17, 15) is 22.8 Å². The predicted molar refractivity (Wildman–Crippen MR) is 69.1 cm³/mol. The summed E-state index contributed by atoms with van der Waals surface area (Å²) in [6.45, 7) is 0. The van der Waals surface area contributed by atoms with E-state index in [0.717, 1.165) is 0 Å². The number of amides is 1. The maximum absolute atomic E-state index is 12.3. The standard InChI is InChI=1S/C13H14F3NO5/c1-21-8-3-7(4-9(5-8)22-2)11(18)17-10(12(19)20)6-13(14,15)16/h3-5,10H,6H2,1-2H3,(H,17,18)(H,19,20). The summed E-state index contributed by atoms with van der Waals surface area (Å²) in [7, 11) is 2.67. The van der Waals surface area contributed by atoms with Crippen molar-refractivity contribution in [3.63, 3.8) is 0 Å². The van der Waals surface area contributed by atoms with Crippen LogP contribution in [0.15, 0.2) is 18.2 Å². The van der Waals surface area contributed by atoms with Gasteiger partial charge in [-0.05, 0) is 12.1 Å². The molecule has 6 nitrogen and oxygen atoms in total. The molecule has 0 spiro atoms. The van der Waals surface area contributed by atoms with Crippen LogP contribution in [-0.2, 0) is 4.79 Å². The molecular formula is C13H14F3NO5. The molecule has 22 heavy (non-hydrogen) atoms. The van der Waals surface area contributed by atoms with Crippen molar-refractivity contribution in [3.05, 3.63) is 23.8 Å². The Hall–Kier alpha value is -2.45. The zero-order valence-corrected chi connectivity index (χ0v) is 11.7. The quantitative estimate of drug-likeness (QED) is 0.835. The van der Waals surface area contributed by atoms with Crippen LogP contribution in [-0.4, -0.2) is 43.4 Å². The molecule has 1 aromatic carbocycles. The van der Waals surface area contributed by atoms with Gasteiger partial charge in [0.2, 0.25) is 0 Å². The second-order valence-corrected chi connectivity index (χ2v) is 4.28. The molecule has 2 N–H and O–H groups in total. The van der Waals surface area contributed by atoms with Crippen LogP contribution in [0.2, 0.25) is 0 Å². The first-order valence-corrected chi connectivity index (χ1v) is 5.99. The highest BCUT2D eigenvalue weighted by Crippen LogP contribution is 2.24. The van der Waals surface area contributed by atoms with Crippen molar-refractivity contribution in [1.82, 2.24) is 5.32 Å². The highest BCUT2D eigenvalue weighted by atomic mass is 19.4. The molecule has 1 aromatic rings. The van der Waals surface area contributed by atoms with E-state index >= 15 is 0 Å². The van der Waals surface area contributed by atoms with E-state index in [2.05, 4.69) is 0 Å². The number of carboxylic acids is 1. The third-order valence-corrected chi connectivity index (χ3v) is 2.65. The maximum Gasteiger partial charge on any atom is 0.391 e. The van der Waals surface area contributed by atoms with Gasteiger partial charge in [-0.3, -0.25) is 4.79 Å². The van der Waals surface area contributed by atoms with Crippen LogP contribution in [0.3, 0.4) is 0 Å². The minimum atomic E-state index is -4.72. The Kier molecular flexibility index (Phi) is 5.61. The predicted octanol–water partition coefficient (Wildman–Crippen LogP) is 1.84. The van der Waals surface area contributed by atoms with Crippen molar-refractivity contribution in [2.75, 3.05) is 14.2 Å². The number of carbonyl (C=O) groups excluding carboxylic acids is 1. The molecule has 1 atom stereocenters. The van der Waals surface area contributed by atoms with Crippen molar-refractivity contribution in [3.8, 4) is 11.5 Å². The van der Waals surface area contributed by atoms with Gasteiger partial charge in [0.1, 0.15) is 17.5 Å². The lowest BCUT2D eigenvalue weighted by Gasteiger charge is -2.16.